The highest BCUT2D eigenvalue weighted by Gasteiger charge is 2.07. The van der Waals surface area contributed by atoms with Gasteiger partial charge in [0.15, 0.2) is 0 Å². The van der Waals surface area contributed by atoms with Crippen LogP contribution in [0.15, 0.2) is 36.5 Å². The summed E-state index contributed by atoms with van der Waals surface area (Å²) in [4.78, 5) is 11.0. The Hall–Kier alpha value is -1.94. The third kappa shape index (κ3) is 3.51. The van der Waals surface area contributed by atoms with Gasteiger partial charge in [-0.2, -0.15) is 0 Å². The molecule has 0 atom stereocenters. The fourth-order valence-corrected chi connectivity index (χ4v) is 1.94. The van der Waals surface area contributed by atoms with E-state index >= 15 is 0 Å². The monoisotopic (exact) mass is 257 g/mol. The predicted molar refractivity (Wildman–Crippen MR) is 75.9 cm³/mol. The van der Waals surface area contributed by atoms with Crippen molar-refractivity contribution in [3.63, 3.8) is 0 Å². The Morgan fingerprint density at radius 1 is 1.21 bits per heavy atom. The van der Waals surface area contributed by atoms with Gasteiger partial charge in [0.25, 0.3) is 0 Å². The van der Waals surface area contributed by atoms with E-state index in [0.717, 1.165) is 35.9 Å². The van der Waals surface area contributed by atoms with Crippen molar-refractivity contribution in [2.24, 2.45) is 0 Å². The van der Waals surface area contributed by atoms with Crippen LogP contribution in [-0.4, -0.2) is 21.6 Å². The summed E-state index contributed by atoms with van der Waals surface area (Å²) in [7, 11) is 0. The molecule has 2 aromatic heterocycles. The van der Waals surface area contributed by atoms with Gasteiger partial charge >= 0.3 is 0 Å². The zero-order chi connectivity index (χ0) is 13.7. The van der Waals surface area contributed by atoms with Gasteiger partial charge in [0.2, 0.25) is 0 Å². The van der Waals surface area contributed by atoms with E-state index in [4.69, 9.17) is 5.11 Å². The summed E-state index contributed by atoms with van der Waals surface area (Å²) in [6.07, 6.45) is 1.71. The number of hydrogen-bond acceptors (Lipinski definition) is 4. The van der Waals surface area contributed by atoms with Crippen molar-refractivity contribution in [3.05, 3.63) is 53.5 Å². The number of aliphatic hydroxyl groups excluding tert-OH is 1. The third-order valence-electron chi connectivity index (χ3n) is 3.00. The summed E-state index contributed by atoms with van der Waals surface area (Å²) in [5.41, 5.74) is 2.89. The molecular formula is C15H19N3O. The Kier molecular flexibility index (Phi) is 4.47. The van der Waals surface area contributed by atoms with E-state index in [1.807, 2.05) is 37.3 Å². The molecule has 0 unspecified atom stereocenters. The van der Waals surface area contributed by atoms with Gasteiger partial charge in [-0.15, -0.1) is 0 Å². The van der Waals surface area contributed by atoms with Gasteiger partial charge in [-0.25, -0.2) is 4.98 Å². The van der Waals surface area contributed by atoms with Gasteiger partial charge in [-0.1, -0.05) is 12.1 Å². The molecule has 0 aliphatic heterocycles. The highest BCUT2D eigenvalue weighted by Crippen LogP contribution is 2.14. The van der Waals surface area contributed by atoms with Crippen molar-refractivity contribution in [2.45, 2.75) is 27.0 Å². The Balaban J connectivity index is 2.15. The minimum absolute atomic E-state index is 0.0266. The lowest BCUT2D eigenvalue weighted by atomic mass is 10.2. The maximum atomic E-state index is 9.03. The van der Waals surface area contributed by atoms with E-state index in [9.17, 15) is 0 Å². The molecule has 0 bridgehead atoms. The second kappa shape index (κ2) is 6.29. The minimum Gasteiger partial charge on any atom is -0.392 e. The first-order chi connectivity index (χ1) is 9.22. The van der Waals surface area contributed by atoms with Gasteiger partial charge in [0.05, 0.1) is 18.8 Å². The molecule has 100 valence electrons. The van der Waals surface area contributed by atoms with Crippen LogP contribution in [0.4, 0.5) is 5.82 Å². The standard InChI is InChI=1S/C15H19N3O/c1-3-18(10-14-6-4-5-12(2)17-14)15-8-7-13(11-19)9-16-15/h4-9,19H,3,10-11H2,1-2H3. The molecule has 0 radical (unpaired) electrons. The summed E-state index contributed by atoms with van der Waals surface area (Å²) >= 11 is 0. The third-order valence-corrected chi connectivity index (χ3v) is 3.00. The van der Waals surface area contributed by atoms with Gasteiger partial charge in [-0.3, -0.25) is 4.98 Å². The molecule has 2 aromatic rings. The van der Waals surface area contributed by atoms with Crippen molar-refractivity contribution in [1.29, 1.82) is 0 Å². The highest BCUT2D eigenvalue weighted by molar-refractivity contribution is 5.39. The van der Waals surface area contributed by atoms with Crippen LogP contribution in [0.1, 0.15) is 23.9 Å². The molecule has 2 heterocycles. The molecular weight excluding hydrogens is 238 g/mol. The van der Waals surface area contributed by atoms with Gasteiger partial charge in [-0.05, 0) is 37.6 Å². The van der Waals surface area contributed by atoms with Crippen molar-refractivity contribution >= 4 is 5.82 Å². The van der Waals surface area contributed by atoms with Crippen molar-refractivity contribution in [1.82, 2.24) is 9.97 Å². The van der Waals surface area contributed by atoms with Crippen molar-refractivity contribution < 1.29 is 5.11 Å². The lowest BCUT2D eigenvalue weighted by molar-refractivity contribution is 0.281. The van der Waals surface area contributed by atoms with E-state index in [1.54, 1.807) is 6.20 Å². The predicted octanol–water partition coefficient (Wildman–Crippen LogP) is 2.30. The summed E-state index contributed by atoms with van der Waals surface area (Å²) in [6.45, 7) is 5.72. The van der Waals surface area contributed by atoms with Crippen LogP contribution in [-0.2, 0) is 13.2 Å². The number of rotatable bonds is 5. The first kappa shape index (κ1) is 13.5. The Morgan fingerprint density at radius 2 is 2.05 bits per heavy atom. The molecule has 0 aromatic carbocycles. The number of hydrogen-bond donors (Lipinski definition) is 1. The van der Waals surface area contributed by atoms with Crippen LogP contribution in [0.25, 0.3) is 0 Å². The Labute approximate surface area is 113 Å². The fourth-order valence-electron chi connectivity index (χ4n) is 1.94. The number of aromatic nitrogens is 2. The molecule has 0 spiro atoms. The van der Waals surface area contributed by atoms with Crippen LogP contribution in [0.5, 0.6) is 0 Å². The average molecular weight is 257 g/mol. The Bertz CT molecular complexity index is 525. The van der Waals surface area contributed by atoms with E-state index in [0.29, 0.717) is 0 Å². The number of aryl methyl sites for hydroxylation is 1. The SMILES string of the molecule is CCN(Cc1cccc(C)n1)c1ccc(CO)cn1. The molecule has 0 saturated heterocycles. The van der Waals surface area contributed by atoms with Crippen LogP contribution in [0, 0.1) is 6.92 Å². The number of nitrogens with zero attached hydrogens (tertiary/aromatic N) is 3. The van der Waals surface area contributed by atoms with Crippen molar-refractivity contribution in [3.8, 4) is 0 Å². The van der Waals surface area contributed by atoms with Crippen LogP contribution >= 0.6 is 0 Å². The summed E-state index contributed by atoms with van der Waals surface area (Å²) in [6, 6.07) is 9.87. The fraction of sp³-hybridized carbons (Fsp3) is 0.333. The molecule has 0 amide bonds. The highest BCUT2D eigenvalue weighted by atomic mass is 16.3. The summed E-state index contributed by atoms with van der Waals surface area (Å²) in [5, 5.41) is 9.03. The summed E-state index contributed by atoms with van der Waals surface area (Å²) < 4.78 is 0. The molecule has 1 N–H and O–H groups in total. The van der Waals surface area contributed by atoms with Gasteiger partial charge in [0.1, 0.15) is 5.82 Å². The normalized spacial score (nSPS) is 10.5. The molecule has 4 nitrogen and oxygen atoms in total. The largest absolute Gasteiger partial charge is 0.392 e. The van der Waals surface area contributed by atoms with E-state index < -0.39 is 0 Å². The van der Waals surface area contributed by atoms with Crippen LogP contribution in [0.2, 0.25) is 0 Å². The first-order valence-electron chi connectivity index (χ1n) is 6.46. The second-order valence-electron chi connectivity index (χ2n) is 4.47. The van der Waals surface area contributed by atoms with Crippen molar-refractivity contribution in [2.75, 3.05) is 11.4 Å². The quantitative estimate of drug-likeness (QED) is 0.893. The molecule has 0 aliphatic rings. The first-order valence-corrected chi connectivity index (χ1v) is 6.46. The smallest absolute Gasteiger partial charge is 0.128 e. The average Bonchev–Trinajstić information content (AvgIpc) is 2.45. The maximum absolute atomic E-state index is 9.03. The number of pyridine rings is 2. The van der Waals surface area contributed by atoms with Gasteiger partial charge < -0.3 is 10.0 Å². The summed E-state index contributed by atoms with van der Waals surface area (Å²) in [5.74, 6) is 0.906. The van der Waals surface area contributed by atoms with E-state index in [-0.39, 0.29) is 6.61 Å². The lowest BCUT2D eigenvalue weighted by Gasteiger charge is -2.21. The zero-order valence-electron chi connectivity index (χ0n) is 11.4. The molecule has 0 fully saturated rings. The Morgan fingerprint density at radius 3 is 2.63 bits per heavy atom. The second-order valence-corrected chi connectivity index (χ2v) is 4.47. The molecule has 0 saturated carbocycles. The van der Waals surface area contributed by atoms with E-state index in [2.05, 4.69) is 21.8 Å². The number of aliphatic hydroxyl groups is 1. The zero-order valence-corrected chi connectivity index (χ0v) is 11.4. The maximum Gasteiger partial charge on any atom is 0.128 e. The van der Waals surface area contributed by atoms with Crippen LogP contribution in [0.3, 0.4) is 0 Å². The molecule has 4 heteroatoms. The van der Waals surface area contributed by atoms with Gasteiger partial charge in [0, 0.05) is 18.4 Å². The topological polar surface area (TPSA) is 49.2 Å². The van der Waals surface area contributed by atoms with E-state index in [1.165, 1.54) is 0 Å². The minimum atomic E-state index is 0.0266. The van der Waals surface area contributed by atoms with Crippen LogP contribution < -0.4 is 4.90 Å². The number of anilines is 1. The molecule has 0 aliphatic carbocycles. The lowest BCUT2D eigenvalue weighted by Crippen LogP contribution is -2.23. The molecule has 2 rings (SSSR count). The molecule has 19 heavy (non-hydrogen) atoms.